The van der Waals surface area contributed by atoms with E-state index in [-0.39, 0.29) is 5.91 Å². The smallest absolute Gasteiger partial charge is 0.253 e. The Kier molecular flexibility index (Phi) is 5.06. The molecule has 0 aliphatic carbocycles. The first-order chi connectivity index (χ1) is 11.8. The van der Waals surface area contributed by atoms with Crippen LogP contribution in [0.4, 0.5) is 5.82 Å². The summed E-state index contributed by atoms with van der Waals surface area (Å²) in [6.45, 7) is 3.47. The van der Waals surface area contributed by atoms with Gasteiger partial charge < -0.3 is 10.6 Å². The van der Waals surface area contributed by atoms with Crippen LogP contribution in [-0.4, -0.2) is 17.4 Å². The zero-order valence-electron chi connectivity index (χ0n) is 13.8. The number of rotatable bonds is 6. The molecule has 0 unspecified atom stereocenters. The van der Waals surface area contributed by atoms with E-state index in [2.05, 4.69) is 22.5 Å². The van der Waals surface area contributed by atoms with Crippen LogP contribution in [-0.2, 0) is 6.54 Å². The minimum Gasteiger partial charge on any atom is -0.370 e. The quantitative estimate of drug-likeness (QED) is 0.722. The Morgan fingerprint density at radius 1 is 1.00 bits per heavy atom. The van der Waals surface area contributed by atoms with Gasteiger partial charge in [0, 0.05) is 24.7 Å². The number of amides is 1. The number of anilines is 1. The van der Waals surface area contributed by atoms with Gasteiger partial charge in [0.05, 0.1) is 5.56 Å². The van der Waals surface area contributed by atoms with Crippen molar-refractivity contribution in [2.75, 3.05) is 11.9 Å². The minimum atomic E-state index is -0.107. The summed E-state index contributed by atoms with van der Waals surface area (Å²) in [5.41, 5.74) is 1.67. The van der Waals surface area contributed by atoms with E-state index in [4.69, 9.17) is 0 Å². The van der Waals surface area contributed by atoms with Gasteiger partial charge in [0.25, 0.3) is 5.91 Å². The maximum atomic E-state index is 12.6. The van der Waals surface area contributed by atoms with Crippen LogP contribution in [0.25, 0.3) is 10.8 Å². The average Bonchev–Trinajstić information content (AvgIpc) is 2.65. The molecule has 4 heteroatoms. The van der Waals surface area contributed by atoms with E-state index in [1.54, 1.807) is 6.20 Å². The molecule has 0 fully saturated rings. The summed E-state index contributed by atoms with van der Waals surface area (Å²) in [6, 6.07) is 17.7. The maximum Gasteiger partial charge on any atom is 0.253 e. The zero-order valence-corrected chi connectivity index (χ0v) is 13.8. The molecule has 3 rings (SSSR count). The molecule has 3 aromatic rings. The summed E-state index contributed by atoms with van der Waals surface area (Å²) < 4.78 is 0. The Morgan fingerprint density at radius 3 is 2.46 bits per heavy atom. The van der Waals surface area contributed by atoms with Gasteiger partial charge in [-0.3, -0.25) is 4.79 Å². The van der Waals surface area contributed by atoms with Crippen molar-refractivity contribution in [1.29, 1.82) is 0 Å². The molecule has 1 aromatic heterocycles. The van der Waals surface area contributed by atoms with E-state index in [9.17, 15) is 4.79 Å². The summed E-state index contributed by atoms with van der Waals surface area (Å²) in [5.74, 6) is 0.719. The second-order valence-corrected chi connectivity index (χ2v) is 5.66. The molecule has 24 heavy (non-hydrogen) atoms. The number of aromatic nitrogens is 1. The number of hydrogen-bond donors (Lipinski definition) is 2. The monoisotopic (exact) mass is 319 g/mol. The van der Waals surface area contributed by atoms with Gasteiger partial charge in [-0.2, -0.15) is 0 Å². The molecule has 0 spiro atoms. The summed E-state index contributed by atoms with van der Waals surface area (Å²) in [7, 11) is 0. The van der Waals surface area contributed by atoms with Crippen molar-refractivity contribution in [2.24, 2.45) is 0 Å². The predicted molar refractivity (Wildman–Crippen MR) is 98.1 cm³/mol. The van der Waals surface area contributed by atoms with Crippen molar-refractivity contribution in [3.63, 3.8) is 0 Å². The van der Waals surface area contributed by atoms with Crippen LogP contribution in [0, 0.1) is 0 Å². The van der Waals surface area contributed by atoms with Crippen molar-refractivity contribution in [1.82, 2.24) is 10.3 Å². The van der Waals surface area contributed by atoms with Crippen LogP contribution in [0.15, 0.2) is 60.8 Å². The number of carbonyl (C=O) groups excluding carboxylic acids is 1. The highest BCUT2D eigenvalue weighted by atomic mass is 16.1. The number of benzene rings is 2. The maximum absolute atomic E-state index is 12.6. The van der Waals surface area contributed by atoms with Crippen LogP contribution in [0.5, 0.6) is 0 Å². The molecule has 0 atom stereocenters. The fourth-order valence-electron chi connectivity index (χ4n) is 2.63. The molecule has 2 N–H and O–H groups in total. The molecule has 1 amide bonds. The van der Waals surface area contributed by atoms with Crippen LogP contribution >= 0.6 is 0 Å². The number of carbonyl (C=O) groups is 1. The van der Waals surface area contributed by atoms with Gasteiger partial charge in [-0.05, 0) is 17.4 Å². The lowest BCUT2D eigenvalue weighted by Crippen LogP contribution is -2.23. The Balaban J connectivity index is 1.85. The lowest BCUT2D eigenvalue weighted by molar-refractivity contribution is 0.0952. The van der Waals surface area contributed by atoms with E-state index in [1.165, 1.54) is 0 Å². The number of pyridine rings is 1. The molecule has 0 aliphatic rings. The van der Waals surface area contributed by atoms with E-state index < -0.39 is 0 Å². The van der Waals surface area contributed by atoms with Crippen LogP contribution in [0.3, 0.4) is 0 Å². The van der Waals surface area contributed by atoms with Crippen molar-refractivity contribution in [2.45, 2.75) is 19.9 Å². The Hall–Kier alpha value is -2.88. The number of fused-ring (bicyclic) bond motifs is 1. The molecule has 122 valence electrons. The Bertz CT molecular complexity index is 831. The molecule has 0 aliphatic heterocycles. The van der Waals surface area contributed by atoms with E-state index >= 15 is 0 Å². The highest BCUT2D eigenvalue weighted by Gasteiger charge is 2.13. The summed E-state index contributed by atoms with van der Waals surface area (Å²) in [6.07, 6.45) is 2.68. The highest BCUT2D eigenvalue weighted by Crippen LogP contribution is 2.24. The molecular formula is C20H21N3O. The fraction of sp³-hybridized carbons (Fsp3) is 0.200. The number of nitrogens with zero attached hydrogens (tertiary/aromatic N) is 1. The molecule has 0 radical (unpaired) electrons. The third-order valence-electron chi connectivity index (χ3n) is 3.88. The standard InChI is InChI=1S/C20H21N3O/c1-2-12-21-19-17-11-7-6-10-16(17)18(14-22-19)20(24)23-13-15-8-4-3-5-9-15/h3-11,14H,2,12-13H2,1H3,(H,21,22)(H,23,24). The summed E-state index contributed by atoms with van der Waals surface area (Å²) >= 11 is 0. The van der Waals surface area contributed by atoms with Crippen molar-refractivity contribution >= 4 is 22.5 Å². The van der Waals surface area contributed by atoms with Gasteiger partial charge in [0.2, 0.25) is 0 Å². The molecule has 0 bridgehead atoms. The van der Waals surface area contributed by atoms with Gasteiger partial charge in [-0.1, -0.05) is 61.5 Å². The first-order valence-electron chi connectivity index (χ1n) is 8.23. The van der Waals surface area contributed by atoms with Crippen LogP contribution in [0.1, 0.15) is 29.3 Å². The normalized spacial score (nSPS) is 10.5. The highest BCUT2D eigenvalue weighted by molar-refractivity contribution is 6.09. The summed E-state index contributed by atoms with van der Waals surface area (Å²) in [5, 5.41) is 8.17. The van der Waals surface area contributed by atoms with Gasteiger partial charge in [-0.25, -0.2) is 4.98 Å². The molecule has 2 aromatic carbocycles. The largest absolute Gasteiger partial charge is 0.370 e. The first-order valence-corrected chi connectivity index (χ1v) is 8.23. The van der Waals surface area contributed by atoms with E-state index in [0.717, 1.165) is 35.1 Å². The second-order valence-electron chi connectivity index (χ2n) is 5.66. The lowest BCUT2D eigenvalue weighted by Gasteiger charge is -2.12. The van der Waals surface area contributed by atoms with E-state index in [0.29, 0.717) is 12.1 Å². The Labute approximate surface area is 141 Å². The van der Waals surface area contributed by atoms with Crippen molar-refractivity contribution < 1.29 is 4.79 Å². The molecular weight excluding hydrogens is 298 g/mol. The van der Waals surface area contributed by atoms with E-state index in [1.807, 2.05) is 54.6 Å². The molecule has 4 nitrogen and oxygen atoms in total. The van der Waals surface area contributed by atoms with Gasteiger partial charge in [0.1, 0.15) is 5.82 Å². The van der Waals surface area contributed by atoms with Gasteiger partial charge in [-0.15, -0.1) is 0 Å². The van der Waals surface area contributed by atoms with Crippen LogP contribution < -0.4 is 10.6 Å². The third-order valence-corrected chi connectivity index (χ3v) is 3.88. The van der Waals surface area contributed by atoms with Gasteiger partial charge in [0.15, 0.2) is 0 Å². The third kappa shape index (κ3) is 3.54. The lowest BCUT2D eigenvalue weighted by atomic mass is 10.1. The second kappa shape index (κ2) is 7.59. The van der Waals surface area contributed by atoms with Crippen molar-refractivity contribution in [3.8, 4) is 0 Å². The zero-order chi connectivity index (χ0) is 16.8. The number of hydrogen-bond acceptors (Lipinski definition) is 3. The molecule has 1 heterocycles. The minimum absolute atomic E-state index is 0.107. The van der Waals surface area contributed by atoms with Crippen molar-refractivity contribution in [3.05, 3.63) is 71.9 Å². The SMILES string of the molecule is CCCNc1ncc(C(=O)NCc2ccccc2)c2ccccc12. The Morgan fingerprint density at radius 2 is 1.71 bits per heavy atom. The fourth-order valence-corrected chi connectivity index (χ4v) is 2.63. The predicted octanol–water partition coefficient (Wildman–Crippen LogP) is 3.99. The molecule has 0 saturated carbocycles. The van der Waals surface area contributed by atoms with Gasteiger partial charge >= 0.3 is 0 Å². The number of nitrogens with one attached hydrogen (secondary N) is 2. The topological polar surface area (TPSA) is 54.0 Å². The molecule has 0 saturated heterocycles. The first kappa shape index (κ1) is 16.0. The summed E-state index contributed by atoms with van der Waals surface area (Å²) in [4.78, 5) is 17.0. The average molecular weight is 319 g/mol. The van der Waals surface area contributed by atoms with Crippen LogP contribution in [0.2, 0.25) is 0 Å².